The van der Waals surface area contributed by atoms with Crippen molar-refractivity contribution in [2.24, 2.45) is 5.73 Å². The van der Waals surface area contributed by atoms with Crippen LogP contribution in [-0.2, 0) is 6.42 Å². The van der Waals surface area contributed by atoms with Crippen molar-refractivity contribution in [3.05, 3.63) is 29.3 Å². The number of aryl methyl sites for hydroxylation is 2. The summed E-state index contributed by atoms with van der Waals surface area (Å²) in [5.41, 5.74) is 9.82. The molecule has 0 spiro atoms. The van der Waals surface area contributed by atoms with E-state index in [2.05, 4.69) is 30.0 Å². The number of hydrogen-bond donors (Lipinski definition) is 2. The molecule has 1 aliphatic rings. The van der Waals surface area contributed by atoms with Gasteiger partial charge in [0, 0.05) is 24.8 Å². The average molecular weight is 220 g/mol. The van der Waals surface area contributed by atoms with Gasteiger partial charge in [-0.05, 0) is 31.4 Å². The number of rotatable bonds is 3. The summed E-state index contributed by atoms with van der Waals surface area (Å²) < 4.78 is 0. The fraction of sp³-hybridized carbons (Fsp3) is 0.538. The van der Waals surface area contributed by atoms with E-state index in [0.717, 1.165) is 19.5 Å². The van der Waals surface area contributed by atoms with E-state index in [9.17, 15) is 0 Å². The van der Waals surface area contributed by atoms with Crippen LogP contribution < -0.4 is 10.6 Å². The zero-order valence-corrected chi connectivity index (χ0v) is 9.82. The first-order chi connectivity index (χ1) is 7.70. The second-order valence-electron chi connectivity index (χ2n) is 4.62. The minimum Gasteiger partial charge on any atom is -0.395 e. The van der Waals surface area contributed by atoms with E-state index in [4.69, 9.17) is 10.8 Å². The molecule has 0 aliphatic carbocycles. The Hall–Kier alpha value is -1.06. The molecule has 1 atom stereocenters. The maximum Gasteiger partial charge on any atom is 0.0599 e. The Bertz CT molecular complexity index is 365. The highest BCUT2D eigenvalue weighted by molar-refractivity contribution is 5.56. The van der Waals surface area contributed by atoms with E-state index in [1.54, 1.807) is 0 Å². The summed E-state index contributed by atoms with van der Waals surface area (Å²) in [6.45, 7) is 3.96. The van der Waals surface area contributed by atoms with Crippen molar-refractivity contribution in [2.45, 2.75) is 25.8 Å². The lowest BCUT2D eigenvalue weighted by Crippen LogP contribution is -2.42. The molecule has 3 N–H and O–H groups in total. The molecule has 1 unspecified atom stereocenters. The molecule has 0 saturated carbocycles. The summed E-state index contributed by atoms with van der Waals surface area (Å²) in [4.78, 5) is 2.29. The summed E-state index contributed by atoms with van der Waals surface area (Å²) in [5, 5.41) is 9.01. The van der Waals surface area contributed by atoms with E-state index in [1.807, 2.05) is 0 Å². The quantitative estimate of drug-likeness (QED) is 0.801. The van der Waals surface area contributed by atoms with Gasteiger partial charge < -0.3 is 15.7 Å². The monoisotopic (exact) mass is 220 g/mol. The standard InChI is InChI=1S/C13H20N2O/c1-10-4-5-13-11(7-10)3-2-6-15(13)8-12(14)9-16/h4-5,7,12,16H,2-3,6,8-9,14H2,1H3. The van der Waals surface area contributed by atoms with Crippen LogP contribution in [0.2, 0.25) is 0 Å². The van der Waals surface area contributed by atoms with Crippen LogP contribution in [-0.4, -0.2) is 30.8 Å². The van der Waals surface area contributed by atoms with Gasteiger partial charge in [0.1, 0.15) is 0 Å². The zero-order chi connectivity index (χ0) is 11.5. The molecule has 0 radical (unpaired) electrons. The highest BCUT2D eigenvalue weighted by atomic mass is 16.3. The molecule has 1 heterocycles. The van der Waals surface area contributed by atoms with Gasteiger partial charge in [-0.15, -0.1) is 0 Å². The largest absolute Gasteiger partial charge is 0.395 e. The number of nitrogens with two attached hydrogens (primary N) is 1. The third kappa shape index (κ3) is 2.36. The van der Waals surface area contributed by atoms with Crippen LogP contribution in [0.15, 0.2) is 18.2 Å². The average Bonchev–Trinajstić information content (AvgIpc) is 2.28. The second-order valence-corrected chi connectivity index (χ2v) is 4.62. The number of nitrogens with zero attached hydrogens (tertiary/aromatic N) is 1. The maximum atomic E-state index is 9.01. The Morgan fingerprint density at radius 1 is 1.50 bits per heavy atom. The van der Waals surface area contributed by atoms with Gasteiger partial charge in [-0.3, -0.25) is 0 Å². The Kier molecular flexibility index (Phi) is 3.46. The molecule has 2 rings (SSSR count). The molecule has 1 aliphatic heterocycles. The Morgan fingerprint density at radius 2 is 2.31 bits per heavy atom. The van der Waals surface area contributed by atoms with Gasteiger partial charge in [0.25, 0.3) is 0 Å². The number of fused-ring (bicyclic) bond motifs is 1. The highest BCUT2D eigenvalue weighted by Gasteiger charge is 2.18. The maximum absolute atomic E-state index is 9.01. The molecule has 1 aromatic rings. The third-order valence-electron chi connectivity index (χ3n) is 3.14. The molecule has 3 nitrogen and oxygen atoms in total. The van der Waals surface area contributed by atoms with Crippen molar-refractivity contribution < 1.29 is 5.11 Å². The van der Waals surface area contributed by atoms with Gasteiger partial charge in [0.05, 0.1) is 6.61 Å². The van der Waals surface area contributed by atoms with Crippen LogP contribution in [0.1, 0.15) is 17.5 Å². The van der Waals surface area contributed by atoms with Gasteiger partial charge >= 0.3 is 0 Å². The fourth-order valence-corrected chi connectivity index (χ4v) is 2.33. The molecule has 0 bridgehead atoms. The summed E-state index contributed by atoms with van der Waals surface area (Å²) >= 11 is 0. The summed E-state index contributed by atoms with van der Waals surface area (Å²) in [7, 11) is 0. The van der Waals surface area contributed by atoms with Crippen LogP contribution in [0.25, 0.3) is 0 Å². The summed E-state index contributed by atoms with van der Waals surface area (Å²) in [5.74, 6) is 0. The number of aliphatic hydroxyl groups excluding tert-OH is 1. The van der Waals surface area contributed by atoms with Crippen LogP contribution in [0.3, 0.4) is 0 Å². The van der Waals surface area contributed by atoms with Crippen LogP contribution in [0.5, 0.6) is 0 Å². The summed E-state index contributed by atoms with van der Waals surface area (Å²) in [6.07, 6.45) is 2.33. The lowest BCUT2D eigenvalue weighted by Gasteiger charge is -2.33. The van der Waals surface area contributed by atoms with Crippen LogP contribution >= 0.6 is 0 Å². The van der Waals surface area contributed by atoms with Crippen molar-refractivity contribution in [2.75, 3.05) is 24.6 Å². The molecule has 16 heavy (non-hydrogen) atoms. The first kappa shape index (κ1) is 11.4. The first-order valence-electron chi connectivity index (χ1n) is 5.91. The minimum atomic E-state index is -0.146. The van der Waals surface area contributed by atoms with E-state index < -0.39 is 0 Å². The van der Waals surface area contributed by atoms with Crippen molar-refractivity contribution in [1.82, 2.24) is 0 Å². The lowest BCUT2D eigenvalue weighted by molar-refractivity contribution is 0.266. The van der Waals surface area contributed by atoms with Gasteiger partial charge in [0.2, 0.25) is 0 Å². The Labute approximate surface area is 96.9 Å². The van der Waals surface area contributed by atoms with Crippen LogP contribution in [0, 0.1) is 6.92 Å². The number of anilines is 1. The van der Waals surface area contributed by atoms with Gasteiger partial charge in [-0.25, -0.2) is 0 Å². The topological polar surface area (TPSA) is 49.5 Å². The van der Waals surface area contributed by atoms with Gasteiger partial charge in [-0.2, -0.15) is 0 Å². The minimum absolute atomic E-state index is 0.0533. The van der Waals surface area contributed by atoms with E-state index >= 15 is 0 Å². The molecular weight excluding hydrogens is 200 g/mol. The molecule has 1 aromatic carbocycles. The Balaban J connectivity index is 2.19. The molecule has 3 heteroatoms. The molecule has 0 fully saturated rings. The molecule has 0 aromatic heterocycles. The lowest BCUT2D eigenvalue weighted by atomic mass is 9.99. The third-order valence-corrected chi connectivity index (χ3v) is 3.14. The van der Waals surface area contributed by atoms with Crippen molar-refractivity contribution in [3.63, 3.8) is 0 Å². The highest BCUT2D eigenvalue weighted by Crippen LogP contribution is 2.27. The molecular formula is C13H20N2O. The number of hydrogen-bond acceptors (Lipinski definition) is 3. The van der Waals surface area contributed by atoms with Crippen LogP contribution in [0.4, 0.5) is 5.69 Å². The SMILES string of the molecule is Cc1ccc2c(c1)CCCN2CC(N)CO. The molecule has 0 saturated heterocycles. The smallest absolute Gasteiger partial charge is 0.0599 e. The normalized spacial score (nSPS) is 17.1. The first-order valence-corrected chi connectivity index (χ1v) is 5.91. The Morgan fingerprint density at radius 3 is 3.06 bits per heavy atom. The number of benzene rings is 1. The predicted molar refractivity (Wildman–Crippen MR) is 66.8 cm³/mol. The predicted octanol–water partition coefficient (Wildman–Crippen LogP) is 1.07. The van der Waals surface area contributed by atoms with Crippen molar-refractivity contribution in [3.8, 4) is 0 Å². The van der Waals surface area contributed by atoms with Gasteiger partial charge in [-0.1, -0.05) is 17.7 Å². The fourth-order valence-electron chi connectivity index (χ4n) is 2.33. The van der Waals surface area contributed by atoms with E-state index in [0.29, 0.717) is 0 Å². The van der Waals surface area contributed by atoms with Crippen molar-refractivity contribution >= 4 is 5.69 Å². The van der Waals surface area contributed by atoms with E-state index in [1.165, 1.54) is 23.2 Å². The van der Waals surface area contributed by atoms with E-state index in [-0.39, 0.29) is 12.6 Å². The molecule has 88 valence electrons. The number of aliphatic hydroxyl groups is 1. The van der Waals surface area contributed by atoms with Crippen molar-refractivity contribution in [1.29, 1.82) is 0 Å². The summed E-state index contributed by atoms with van der Waals surface area (Å²) in [6, 6.07) is 6.42. The second kappa shape index (κ2) is 4.85. The zero-order valence-electron chi connectivity index (χ0n) is 9.82. The van der Waals surface area contributed by atoms with Gasteiger partial charge in [0.15, 0.2) is 0 Å². The molecule has 0 amide bonds.